The van der Waals surface area contributed by atoms with Crippen LogP contribution in [0, 0.1) is 0 Å². The van der Waals surface area contributed by atoms with Crippen molar-refractivity contribution in [1.29, 1.82) is 0 Å². The van der Waals surface area contributed by atoms with Crippen molar-refractivity contribution in [1.82, 2.24) is 9.97 Å². The predicted octanol–water partition coefficient (Wildman–Crippen LogP) is 4.53. The lowest BCUT2D eigenvalue weighted by Crippen LogP contribution is -2.25. The Balaban J connectivity index is 1.38. The smallest absolute Gasteiger partial charge is 0.280 e. The zero-order chi connectivity index (χ0) is 24.4. The van der Waals surface area contributed by atoms with E-state index in [1.807, 2.05) is 19.1 Å². The van der Waals surface area contributed by atoms with E-state index in [1.54, 1.807) is 24.3 Å². The van der Waals surface area contributed by atoms with Crippen molar-refractivity contribution in [3.8, 4) is 0 Å². The van der Waals surface area contributed by atoms with Crippen LogP contribution in [-0.4, -0.2) is 50.7 Å². The normalized spacial score (nSPS) is 19.0. The number of nitrogens with zero attached hydrogens (tertiary/aromatic N) is 3. The Morgan fingerprint density at radius 1 is 1.26 bits per heavy atom. The van der Waals surface area contributed by atoms with Crippen molar-refractivity contribution < 1.29 is 18.9 Å². The largest absolute Gasteiger partial charge is 0.611 e. The monoisotopic (exact) mass is 510 g/mol. The molecule has 3 heterocycles. The fourth-order valence-electron chi connectivity index (χ4n) is 3.57. The van der Waals surface area contributed by atoms with Gasteiger partial charge in [0, 0.05) is 24.8 Å². The molecule has 2 aliphatic rings. The van der Waals surface area contributed by atoms with Crippen LogP contribution in [0.5, 0.6) is 0 Å². The van der Waals surface area contributed by atoms with Crippen LogP contribution < -0.4 is 5.32 Å². The molecule has 182 valence electrons. The molecule has 2 atom stereocenters. The Bertz CT molecular complexity index is 1260. The fourth-order valence-corrected chi connectivity index (χ4v) is 5.76. The van der Waals surface area contributed by atoms with E-state index in [-0.39, 0.29) is 17.1 Å². The molecule has 35 heavy (non-hydrogen) atoms. The molecule has 1 saturated heterocycles. The summed E-state index contributed by atoms with van der Waals surface area (Å²) in [4.78, 5) is 29.5. The number of benzene rings is 1. The van der Waals surface area contributed by atoms with Gasteiger partial charge in [0.2, 0.25) is 0 Å². The third-order valence-corrected chi connectivity index (χ3v) is 8.54. The summed E-state index contributed by atoms with van der Waals surface area (Å²) in [7, 11) is 0. The first-order valence-corrected chi connectivity index (χ1v) is 13.6. The lowest BCUT2D eigenvalue weighted by Gasteiger charge is -2.11. The second kappa shape index (κ2) is 10.4. The average molecular weight is 511 g/mol. The van der Waals surface area contributed by atoms with Gasteiger partial charge in [-0.15, -0.1) is 0 Å². The van der Waals surface area contributed by atoms with Gasteiger partial charge >= 0.3 is 0 Å². The predicted molar refractivity (Wildman–Crippen MR) is 138 cm³/mol. The number of thiazole rings is 1. The summed E-state index contributed by atoms with van der Waals surface area (Å²) >= 11 is 0.270. The highest BCUT2D eigenvalue weighted by Crippen LogP contribution is 2.33. The number of aromatic nitrogens is 2. The first-order valence-electron chi connectivity index (χ1n) is 11.6. The van der Waals surface area contributed by atoms with Crippen molar-refractivity contribution in [2.75, 3.05) is 18.5 Å². The number of anilines is 1. The minimum atomic E-state index is -1.02. The number of amides is 1. The van der Waals surface area contributed by atoms with Crippen LogP contribution in [0.3, 0.4) is 0 Å². The molecule has 0 bridgehead atoms. The summed E-state index contributed by atoms with van der Waals surface area (Å²) in [6, 6.07) is 10.8. The standard InChI is InChI=1S/C25H26N4O4S2/c1-3-15(2)20-10-11-21-24(26-20)34-25(27-21)28-23(30)22(29-33-17-12-13-32-14-17)16-4-6-18(7-5-16)35(31)19-8-9-19/h4-7,10-11,17,19H,2-3,8-9,12-14H2,1H3,(H,27,28,30)/b29-22+/t17-,35?/m1/s1. The molecule has 2 aromatic heterocycles. The summed E-state index contributed by atoms with van der Waals surface area (Å²) in [5, 5.41) is 7.69. The van der Waals surface area contributed by atoms with Gasteiger partial charge in [-0.3, -0.25) is 10.1 Å². The molecule has 1 aliphatic carbocycles. The number of rotatable bonds is 9. The van der Waals surface area contributed by atoms with E-state index in [4.69, 9.17) is 9.57 Å². The van der Waals surface area contributed by atoms with Crippen molar-refractivity contribution in [2.24, 2.45) is 5.16 Å². The number of allylic oxidation sites excluding steroid dienone is 1. The Morgan fingerprint density at radius 2 is 2.06 bits per heavy atom. The number of hydrogen-bond acceptors (Lipinski definition) is 8. The second-order valence-corrected chi connectivity index (χ2v) is 11.2. The lowest BCUT2D eigenvalue weighted by molar-refractivity contribution is -0.110. The van der Waals surface area contributed by atoms with Crippen LogP contribution in [-0.2, 0) is 25.5 Å². The summed E-state index contributed by atoms with van der Waals surface area (Å²) in [6.45, 7) is 7.11. The van der Waals surface area contributed by atoms with Crippen molar-refractivity contribution in [3.05, 3.63) is 54.2 Å². The van der Waals surface area contributed by atoms with E-state index in [1.165, 1.54) is 11.3 Å². The SMILES string of the molecule is C=C(CC)c1ccc2nc(NC(=O)/C(=N/O[C@@H]3CCOC3)c3ccc([S+]([O-])C4CC4)cc3)sc2n1. The first kappa shape index (κ1) is 23.9. The Morgan fingerprint density at radius 3 is 2.74 bits per heavy atom. The van der Waals surface area contributed by atoms with Gasteiger partial charge in [-0.1, -0.05) is 30.0 Å². The van der Waals surface area contributed by atoms with Gasteiger partial charge < -0.3 is 14.1 Å². The van der Waals surface area contributed by atoms with E-state index in [9.17, 15) is 9.35 Å². The van der Waals surface area contributed by atoms with Gasteiger partial charge in [0.05, 0.1) is 18.9 Å². The molecule has 5 rings (SSSR count). The Labute approximate surface area is 210 Å². The molecule has 10 heteroatoms. The van der Waals surface area contributed by atoms with E-state index in [0.29, 0.717) is 35.8 Å². The molecule has 0 spiro atoms. The highest BCUT2D eigenvalue weighted by atomic mass is 32.2. The summed E-state index contributed by atoms with van der Waals surface area (Å²) in [5.41, 5.74) is 3.15. The third kappa shape index (κ3) is 5.56. The maximum Gasteiger partial charge on any atom is 0.280 e. The van der Waals surface area contributed by atoms with Gasteiger partial charge in [0.15, 0.2) is 21.8 Å². The minimum absolute atomic E-state index is 0.118. The molecular formula is C25H26N4O4S2. The molecule has 1 amide bonds. The van der Waals surface area contributed by atoms with Gasteiger partial charge in [-0.2, -0.15) is 0 Å². The van der Waals surface area contributed by atoms with Crippen LogP contribution in [0.4, 0.5) is 5.13 Å². The molecule has 1 saturated carbocycles. The maximum absolute atomic E-state index is 13.3. The topological polar surface area (TPSA) is 109 Å². The third-order valence-electron chi connectivity index (χ3n) is 5.85. The van der Waals surface area contributed by atoms with E-state index in [0.717, 1.165) is 40.3 Å². The van der Waals surface area contributed by atoms with Crippen LogP contribution >= 0.6 is 11.3 Å². The molecule has 1 aromatic carbocycles. The molecule has 0 radical (unpaired) electrons. The highest BCUT2D eigenvalue weighted by molar-refractivity contribution is 7.92. The second-order valence-electron chi connectivity index (χ2n) is 8.50. The number of hydrogen-bond donors (Lipinski definition) is 1. The molecular weight excluding hydrogens is 484 g/mol. The van der Waals surface area contributed by atoms with Crippen LogP contribution in [0.15, 0.2) is 53.0 Å². The fraction of sp³-hybridized carbons (Fsp3) is 0.360. The maximum atomic E-state index is 13.3. The highest BCUT2D eigenvalue weighted by Gasteiger charge is 2.35. The van der Waals surface area contributed by atoms with Crippen molar-refractivity contribution in [2.45, 2.75) is 48.9 Å². The van der Waals surface area contributed by atoms with Gasteiger partial charge in [0.25, 0.3) is 5.91 Å². The number of carbonyl (C=O) groups is 1. The van der Waals surface area contributed by atoms with E-state index < -0.39 is 17.1 Å². The number of fused-ring (bicyclic) bond motifs is 1. The molecule has 1 N–H and O–H groups in total. The summed E-state index contributed by atoms with van der Waals surface area (Å²) < 4.78 is 17.8. The van der Waals surface area contributed by atoms with E-state index >= 15 is 0 Å². The lowest BCUT2D eigenvalue weighted by atomic mass is 10.1. The van der Waals surface area contributed by atoms with Crippen molar-refractivity contribution in [3.63, 3.8) is 0 Å². The van der Waals surface area contributed by atoms with Crippen molar-refractivity contribution >= 4 is 55.2 Å². The average Bonchev–Trinajstić information content (AvgIpc) is 3.44. The zero-order valence-electron chi connectivity index (χ0n) is 19.4. The first-order chi connectivity index (χ1) is 17.0. The minimum Gasteiger partial charge on any atom is -0.611 e. The summed E-state index contributed by atoms with van der Waals surface area (Å²) in [6.07, 6.45) is 3.31. The molecule has 1 aliphatic heterocycles. The number of ether oxygens (including phenoxy) is 1. The van der Waals surface area contributed by atoms with E-state index in [2.05, 4.69) is 27.0 Å². The van der Waals surface area contributed by atoms with Gasteiger partial charge in [-0.05, 0) is 59.6 Å². The molecule has 2 fully saturated rings. The quantitative estimate of drug-likeness (QED) is 0.257. The summed E-state index contributed by atoms with van der Waals surface area (Å²) in [5.74, 6) is -0.447. The number of pyridine rings is 1. The molecule has 1 unspecified atom stereocenters. The zero-order valence-corrected chi connectivity index (χ0v) is 21.0. The number of carbonyl (C=O) groups excluding carboxylic acids is 1. The van der Waals surface area contributed by atoms with Crippen LogP contribution in [0.25, 0.3) is 15.9 Å². The van der Waals surface area contributed by atoms with Crippen LogP contribution in [0.2, 0.25) is 0 Å². The number of nitrogens with one attached hydrogen (secondary N) is 1. The Hall–Kier alpha value is -2.79. The number of oxime groups is 1. The molecule has 8 nitrogen and oxygen atoms in total. The van der Waals surface area contributed by atoms with Gasteiger partial charge in [-0.25, -0.2) is 9.97 Å². The molecule has 3 aromatic rings. The van der Waals surface area contributed by atoms with Gasteiger partial charge in [0.1, 0.15) is 15.6 Å². The Kier molecular flexibility index (Phi) is 7.14. The van der Waals surface area contributed by atoms with Crippen LogP contribution in [0.1, 0.15) is 43.9 Å².